The van der Waals surface area contributed by atoms with Crippen molar-refractivity contribution in [3.63, 3.8) is 0 Å². The molecule has 0 aliphatic carbocycles. The topological polar surface area (TPSA) is 27.7 Å². The van der Waals surface area contributed by atoms with E-state index in [1.165, 1.54) is 11.1 Å². The Morgan fingerprint density at radius 2 is 1.37 bits per heavy atom. The van der Waals surface area contributed by atoms with E-state index in [2.05, 4.69) is 38.1 Å². The lowest BCUT2D eigenvalue weighted by Gasteiger charge is -2.16. The summed E-state index contributed by atoms with van der Waals surface area (Å²) in [4.78, 5) is 0. The third-order valence-electron chi connectivity index (χ3n) is 5.23. The summed E-state index contributed by atoms with van der Waals surface area (Å²) in [5.74, 6) is 3.12. The molecule has 0 aliphatic rings. The average Bonchev–Trinajstić information content (AvgIpc) is 2.78. The lowest BCUT2D eigenvalue weighted by molar-refractivity contribution is -0.0672. The minimum absolute atomic E-state index is 0.263. The number of ether oxygens (including phenoxy) is 3. The number of benzene rings is 3. The molecule has 0 aliphatic heterocycles. The van der Waals surface area contributed by atoms with Crippen molar-refractivity contribution in [2.24, 2.45) is 0 Å². The zero-order valence-corrected chi connectivity index (χ0v) is 18.2. The highest BCUT2D eigenvalue weighted by Gasteiger charge is 2.06. The third-order valence-corrected chi connectivity index (χ3v) is 5.23. The molecule has 3 nitrogen and oxygen atoms in total. The van der Waals surface area contributed by atoms with Crippen LogP contribution in [0.15, 0.2) is 78.9 Å². The van der Waals surface area contributed by atoms with Crippen LogP contribution in [0.25, 0.3) is 0 Å². The van der Waals surface area contributed by atoms with Crippen LogP contribution < -0.4 is 9.47 Å². The van der Waals surface area contributed by atoms with E-state index in [0.717, 1.165) is 36.5 Å². The zero-order chi connectivity index (χ0) is 21.2. The first kappa shape index (κ1) is 21.9. The lowest BCUT2D eigenvalue weighted by Crippen LogP contribution is -2.17. The highest BCUT2D eigenvalue weighted by atomic mass is 16.7. The van der Waals surface area contributed by atoms with Crippen LogP contribution in [-0.4, -0.2) is 12.9 Å². The molecule has 0 N–H and O–H groups in total. The molecular formula is C27H32O3. The maximum atomic E-state index is 5.87. The van der Waals surface area contributed by atoms with E-state index in [9.17, 15) is 0 Å². The quantitative estimate of drug-likeness (QED) is 0.247. The van der Waals surface area contributed by atoms with Gasteiger partial charge >= 0.3 is 0 Å². The predicted molar refractivity (Wildman–Crippen MR) is 122 cm³/mol. The molecule has 3 aromatic rings. The van der Waals surface area contributed by atoms with Crippen molar-refractivity contribution in [3.05, 3.63) is 90.0 Å². The minimum Gasteiger partial charge on any atom is -0.465 e. The van der Waals surface area contributed by atoms with Crippen LogP contribution in [0.4, 0.5) is 0 Å². The molecule has 2 unspecified atom stereocenters. The maximum Gasteiger partial charge on any atom is 0.196 e. The molecule has 0 heterocycles. The molecule has 2 atom stereocenters. The largest absolute Gasteiger partial charge is 0.465 e. The summed E-state index contributed by atoms with van der Waals surface area (Å²) >= 11 is 0. The third kappa shape index (κ3) is 6.93. The van der Waals surface area contributed by atoms with E-state index in [4.69, 9.17) is 14.2 Å². The van der Waals surface area contributed by atoms with Gasteiger partial charge in [-0.15, -0.1) is 0 Å². The van der Waals surface area contributed by atoms with E-state index in [1.54, 1.807) is 0 Å². The molecule has 0 fully saturated rings. The van der Waals surface area contributed by atoms with E-state index in [1.807, 2.05) is 61.5 Å². The second kappa shape index (κ2) is 11.4. The van der Waals surface area contributed by atoms with Gasteiger partial charge in [0.05, 0.1) is 6.61 Å². The van der Waals surface area contributed by atoms with Crippen molar-refractivity contribution in [2.75, 3.05) is 6.61 Å². The van der Waals surface area contributed by atoms with Gasteiger partial charge in [0, 0.05) is 0 Å². The van der Waals surface area contributed by atoms with Crippen LogP contribution in [-0.2, 0) is 11.2 Å². The van der Waals surface area contributed by atoms with E-state index in [0.29, 0.717) is 12.5 Å². The molecule has 3 heteroatoms. The van der Waals surface area contributed by atoms with E-state index >= 15 is 0 Å². The summed E-state index contributed by atoms with van der Waals surface area (Å²) in [7, 11) is 0. The molecule has 3 aromatic carbocycles. The molecular weight excluding hydrogens is 372 g/mol. The number of para-hydroxylation sites is 1. The van der Waals surface area contributed by atoms with Gasteiger partial charge in [0.1, 0.15) is 17.2 Å². The van der Waals surface area contributed by atoms with Gasteiger partial charge in [0.2, 0.25) is 0 Å². The fraction of sp³-hybridized carbons (Fsp3) is 0.333. The van der Waals surface area contributed by atoms with Gasteiger partial charge < -0.3 is 14.2 Å². The Kier molecular flexibility index (Phi) is 8.34. The second-order valence-electron chi connectivity index (χ2n) is 7.60. The summed E-state index contributed by atoms with van der Waals surface area (Å²) in [5.41, 5.74) is 2.62. The Labute approximate surface area is 180 Å². The number of rotatable bonds is 11. The highest BCUT2D eigenvalue weighted by Crippen LogP contribution is 2.23. The second-order valence-corrected chi connectivity index (χ2v) is 7.60. The van der Waals surface area contributed by atoms with Crippen molar-refractivity contribution in [2.45, 2.75) is 52.2 Å². The summed E-state index contributed by atoms with van der Waals surface area (Å²) in [6.45, 7) is 7.05. The molecule has 0 saturated carbocycles. The summed E-state index contributed by atoms with van der Waals surface area (Å²) < 4.78 is 17.5. The van der Waals surface area contributed by atoms with Crippen LogP contribution in [0.3, 0.4) is 0 Å². The maximum absolute atomic E-state index is 5.87. The van der Waals surface area contributed by atoms with Gasteiger partial charge in [-0.25, -0.2) is 0 Å². The zero-order valence-electron chi connectivity index (χ0n) is 18.2. The molecule has 3 rings (SSSR count). The number of hydrogen-bond donors (Lipinski definition) is 0. The predicted octanol–water partition coefficient (Wildman–Crippen LogP) is 7.37. The van der Waals surface area contributed by atoms with Gasteiger partial charge in [0.15, 0.2) is 6.29 Å². The van der Waals surface area contributed by atoms with Gasteiger partial charge in [-0.05, 0) is 79.6 Å². The first-order valence-electron chi connectivity index (χ1n) is 10.8. The van der Waals surface area contributed by atoms with Crippen molar-refractivity contribution in [1.82, 2.24) is 0 Å². The number of aryl methyl sites for hydroxylation is 1. The van der Waals surface area contributed by atoms with Crippen LogP contribution in [0, 0.1) is 0 Å². The Balaban J connectivity index is 1.36. The van der Waals surface area contributed by atoms with E-state index in [-0.39, 0.29) is 6.29 Å². The Morgan fingerprint density at radius 1 is 0.733 bits per heavy atom. The number of hydrogen-bond acceptors (Lipinski definition) is 3. The van der Waals surface area contributed by atoms with Crippen LogP contribution >= 0.6 is 0 Å². The molecule has 0 radical (unpaired) electrons. The SMILES string of the molecule is CCC(C)c1ccc(OC(C)OCCCc2ccc(Oc3ccccc3)cc2)cc1. The summed E-state index contributed by atoms with van der Waals surface area (Å²) in [5, 5.41) is 0. The summed E-state index contributed by atoms with van der Waals surface area (Å²) in [6.07, 6.45) is 2.78. The molecule has 158 valence electrons. The average molecular weight is 405 g/mol. The molecule has 30 heavy (non-hydrogen) atoms. The first-order valence-corrected chi connectivity index (χ1v) is 10.8. The standard InChI is InChI=1S/C27H32O3/c1-4-21(2)24-14-18-26(19-15-24)29-22(3)28-20-8-9-23-12-16-27(17-13-23)30-25-10-6-5-7-11-25/h5-7,10-19,21-22H,4,8-9,20H2,1-3H3. The van der Waals surface area contributed by atoms with Crippen LogP contribution in [0.1, 0.15) is 50.7 Å². The normalized spacial score (nSPS) is 12.9. The Bertz CT molecular complexity index is 857. The monoisotopic (exact) mass is 404 g/mol. The molecule has 0 amide bonds. The Hall–Kier alpha value is -2.78. The van der Waals surface area contributed by atoms with E-state index < -0.39 is 0 Å². The molecule has 0 saturated heterocycles. The smallest absolute Gasteiger partial charge is 0.196 e. The lowest BCUT2D eigenvalue weighted by atomic mass is 9.99. The van der Waals surface area contributed by atoms with Gasteiger partial charge in [-0.1, -0.05) is 56.3 Å². The fourth-order valence-electron chi connectivity index (χ4n) is 3.21. The van der Waals surface area contributed by atoms with Gasteiger partial charge in [-0.3, -0.25) is 0 Å². The minimum atomic E-state index is -0.263. The first-order chi connectivity index (χ1) is 14.6. The fourth-order valence-corrected chi connectivity index (χ4v) is 3.21. The van der Waals surface area contributed by atoms with Crippen molar-refractivity contribution in [1.29, 1.82) is 0 Å². The molecule has 0 aromatic heterocycles. The van der Waals surface area contributed by atoms with Crippen molar-refractivity contribution >= 4 is 0 Å². The summed E-state index contributed by atoms with van der Waals surface area (Å²) in [6, 6.07) is 26.4. The highest BCUT2D eigenvalue weighted by molar-refractivity contribution is 5.33. The molecule has 0 spiro atoms. The van der Waals surface area contributed by atoms with Gasteiger partial charge in [-0.2, -0.15) is 0 Å². The van der Waals surface area contributed by atoms with Crippen LogP contribution in [0.2, 0.25) is 0 Å². The Morgan fingerprint density at radius 3 is 2.03 bits per heavy atom. The van der Waals surface area contributed by atoms with Crippen molar-refractivity contribution in [3.8, 4) is 17.2 Å². The van der Waals surface area contributed by atoms with Crippen molar-refractivity contribution < 1.29 is 14.2 Å². The van der Waals surface area contributed by atoms with Crippen LogP contribution in [0.5, 0.6) is 17.2 Å². The van der Waals surface area contributed by atoms with Gasteiger partial charge in [0.25, 0.3) is 0 Å². The molecule has 0 bridgehead atoms.